The second kappa shape index (κ2) is 7.03. The molecule has 0 spiro atoms. The molecule has 5 unspecified atom stereocenters. The number of fused-ring (bicyclic) bond motifs is 3. The van der Waals surface area contributed by atoms with E-state index in [0.717, 1.165) is 23.1 Å². The van der Waals surface area contributed by atoms with Gasteiger partial charge in [-0.05, 0) is 48.8 Å². The first-order valence-corrected chi connectivity index (χ1v) is 13.0. The summed E-state index contributed by atoms with van der Waals surface area (Å²) < 4.78 is 24.4. The van der Waals surface area contributed by atoms with E-state index in [0.29, 0.717) is 17.0 Å². The number of rotatable bonds is 3. The van der Waals surface area contributed by atoms with Crippen LogP contribution in [0.3, 0.4) is 0 Å². The van der Waals surface area contributed by atoms with Gasteiger partial charge in [0, 0.05) is 16.3 Å². The Kier molecular flexibility index (Phi) is 4.75. The van der Waals surface area contributed by atoms with Crippen molar-refractivity contribution in [3.8, 4) is 0 Å². The van der Waals surface area contributed by atoms with Crippen LogP contribution in [0.2, 0.25) is 5.02 Å². The minimum atomic E-state index is -3.00. The normalized spacial score (nSPS) is 37.0. The molecule has 1 aromatic rings. The van der Waals surface area contributed by atoms with Crippen molar-refractivity contribution in [1.82, 2.24) is 4.90 Å². The zero-order valence-electron chi connectivity index (χ0n) is 15.5. The van der Waals surface area contributed by atoms with E-state index in [2.05, 4.69) is 9.89 Å². The van der Waals surface area contributed by atoms with Gasteiger partial charge in [-0.1, -0.05) is 41.9 Å². The molecule has 5 atom stereocenters. The predicted molar refractivity (Wildman–Crippen MR) is 112 cm³/mol. The minimum absolute atomic E-state index is 0.00575. The number of carbonyl (C=O) groups excluding carboxylic acids is 1. The van der Waals surface area contributed by atoms with Gasteiger partial charge in [-0.15, -0.1) is 0 Å². The lowest BCUT2D eigenvalue weighted by Crippen LogP contribution is -2.47. The lowest BCUT2D eigenvalue weighted by atomic mass is 9.93. The fourth-order valence-electron chi connectivity index (χ4n) is 5.45. The summed E-state index contributed by atoms with van der Waals surface area (Å²) in [6, 6.07) is 7.56. The number of nitrogens with zero attached hydrogens (tertiary/aromatic N) is 2. The molecule has 0 N–H and O–H groups in total. The largest absolute Gasteiger partial charge is 0.343 e. The van der Waals surface area contributed by atoms with E-state index < -0.39 is 9.84 Å². The Morgan fingerprint density at radius 1 is 1.14 bits per heavy atom. The van der Waals surface area contributed by atoms with Crippen molar-refractivity contribution in [2.75, 3.05) is 11.5 Å². The van der Waals surface area contributed by atoms with Gasteiger partial charge < -0.3 is 4.90 Å². The number of halogens is 1. The Bertz CT molecular complexity index is 931. The summed E-state index contributed by atoms with van der Waals surface area (Å²) in [7, 11) is -3.00. The van der Waals surface area contributed by atoms with Gasteiger partial charge in [-0.3, -0.25) is 4.79 Å². The molecular weight excluding hydrogens is 416 g/mol. The van der Waals surface area contributed by atoms with Crippen molar-refractivity contribution < 1.29 is 13.2 Å². The van der Waals surface area contributed by atoms with E-state index in [1.807, 2.05) is 12.1 Å². The highest BCUT2D eigenvalue weighted by Gasteiger charge is 2.54. The first-order valence-electron chi connectivity index (χ1n) is 9.89. The quantitative estimate of drug-likeness (QED) is 0.725. The Balaban J connectivity index is 1.40. The second-order valence-electron chi connectivity index (χ2n) is 8.54. The molecule has 4 fully saturated rings. The van der Waals surface area contributed by atoms with Crippen LogP contribution in [0.5, 0.6) is 0 Å². The zero-order valence-corrected chi connectivity index (χ0v) is 17.8. The molecule has 28 heavy (non-hydrogen) atoms. The molecule has 8 heteroatoms. The van der Waals surface area contributed by atoms with Crippen LogP contribution in [0.1, 0.15) is 31.2 Å². The summed E-state index contributed by atoms with van der Waals surface area (Å²) in [4.78, 5) is 19.4. The van der Waals surface area contributed by atoms with Gasteiger partial charge in [0.25, 0.3) is 5.91 Å². The summed E-state index contributed by atoms with van der Waals surface area (Å²) in [5.74, 6) is 1.58. The third kappa shape index (κ3) is 3.50. The predicted octanol–water partition coefficient (Wildman–Crippen LogP) is 3.17. The summed E-state index contributed by atoms with van der Waals surface area (Å²) in [6.45, 7) is 0. The number of benzene rings is 1. The maximum Gasteiger partial charge on any atom is 0.252 e. The SMILES string of the molecule is O=C(Cc1ccc(Cl)cc1)N=C1SC2CS(=O)(=O)CC2N1C1CC2CCC1C2. The van der Waals surface area contributed by atoms with Crippen LogP contribution < -0.4 is 0 Å². The number of thioether (sulfide) groups is 1. The van der Waals surface area contributed by atoms with Gasteiger partial charge >= 0.3 is 0 Å². The van der Waals surface area contributed by atoms with Crippen LogP contribution in [0.15, 0.2) is 29.3 Å². The Morgan fingerprint density at radius 2 is 1.93 bits per heavy atom. The van der Waals surface area contributed by atoms with E-state index in [-0.39, 0.29) is 35.1 Å². The smallest absolute Gasteiger partial charge is 0.252 e. The van der Waals surface area contributed by atoms with Crippen LogP contribution >= 0.6 is 23.4 Å². The lowest BCUT2D eigenvalue weighted by Gasteiger charge is -2.36. The van der Waals surface area contributed by atoms with E-state index >= 15 is 0 Å². The maximum absolute atomic E-state index is 12.6. The van der Waals surface area contributed by atoms with Gasteiger partial charge in [0.15, 0.2) is 15.0 Å². The van der Waals surface area contributed by atoms with Crippen LogP contribution in [0.4, 0.5) is 0 Å². The minimum Gasteiger partial charge on any atom is -0.343 e. The molecule has 0 radical (unpaired) electrons. The molecule has 2 aliphatic heterocycles. The average Bonchev–Trinajstić information content (AvgIpc) is 3.36. The third-order valence-electron chi connectivity index (χ3n) is 6.65. The van der Waals surface area contributed by atoms with E-state index in [4.69, 9.17) is 11.6 Å². The number of amidine groups is 1. The summed E-state index contributed by atoms with van der Waals surface area (Å²) in [6.07, 6.45) is 5.09. The highest BCUT2D eigenvalue weighted by atomic mass is 35.5. The van der Waals surface area contributed by atoms with Crippen molar-refractivity contribution in [2.24, 2.45) is 16.8 Å². The third-order valence-corrected chi connectivity index (χ3v) is 10.1. The zero-order chi connectivity index (χ0) is 19.5. The van der Waals surface area contributed by atoms with Crippen molar-refractivity contribution in [1.29, 1.82) is 0 Å². The summed E-state index contributed by atoms with van der Waals surface area (Å²) in [5, 5.41) is 1.40. The van der Waals surface area contributed by atoms with Crippen LogP contribution in [-0.4, -0.2) is 53.2 Å². The summed E-state index contributed by atoms with van der Waals surface area (Å²) >= 11 is 7.42. The number of sulfone groups is 1. The lowest BCUT2D eigenvalue weighted by molar-refractivity contribution is -0.117. The fraction of sp³-hybridized carbons (Fsp3) is 0.600. The topological polar surface area (TPSA) is 66.8 Å². The van der Waals surface area contributed by atoms with Crippen molar-refractivity contribution in [3.63, 3.8) is 0 Å². The molecule has 4 aliphatic rings. The highest BCUT2D eigenvalue weighted by Crippen LogP contribution is 2.51. The van der Waals surface area contributed by atoms with Crippen LogP contribution in [-0.2, 0) is 21.1 Å². The first-order chi connectivity index (χ1) is 13.4. The molecule has 5 nitrogen and oxygen atoms in total. The Labute approximate surface area is 174 Å². The molecule has 1 amide bonds. The van der Waals surface area contributed by atoms with Crippen molar-refractivity contribution >= 4 is 44.3 Å². The van der Waals surface area contributed by atoms with Crippen molar-refractivity contribution in [3.05, 3.63) is 34.9 Å². The number of aliphatic imine (C=N–C) groups is 1. The van der Waals surface area contributed by atoms with Crippen LogP contribution in [0, 0.1) is 11.8 Å². The fourth-order valence-corrected chi connectivity index (χ4v) is 9.57. The number of carbonyl (C=O) groups is 1. The van der Waals surface area contributed by atoms with Gasteiger partial charge in [0.05, 0.1) is 24.0 Å². The van der Waals surface area contributed by atoms with Gasteiger partial charge in [0.1, 0.15) is 0 Å². The first kappa shape index (κ1) is 18.9. The molecule has 2 saturated heterocycles. The Hall–Kier alpha value is -1.05. The average molecular weight is 439 g/mol. The molecular formula is C20H23ClN2O3S2. The van der Waals surface area contributed by atoms with Gasteiger partial charge in [0.2, 0.25) is 0 Å². The molecule has 2 aliphatic carbocycles. The maximum atomic E-state index is 12.6. The monoisotopic (exact) mass is 438 g/mol. The molecule has 0 aromatic heterocycles. The molecule has 150 valence electrons. The van der Waals surface area contributed by atoms with Gasteiger partial charge in [-0.2, -0.15) is 4.99 Å². The number of amides is 1. The molecule has 1 aromatic carbocycles. The van der Waals surface area contributed by atoms with E-state index in [9.17, 15) is 13.2 Å². The summed E-state index contributed by atoms with van der Waals surface area (Å²) in [5.41, 5.74) is 0.885. The van der Waals surface area contributed by atoms with Gasteiger partial charge in [-0.25, -0.2) is 8.42 Å². The number of hydrogen-bond donors (Lipinski definition) is 0. The number of hydrogen-bond acceptors (Lipinski definition) is 4. The van der Waals surface area contributed by atoms with Crippen LogP contribution in [0.25, 0.3) is 0 Å². The standard InChI is InChI=1S/C20H23ClN2O3S2/c21-15-5-2-12(3-6-15)9-19(24)22-20-23(16-8-13-1-4-14(16)7-13)17-10-28(25,26)11-18(17)27-20/h2-3,5-6,13-14,16-18H,1,4,7-11H2. The second-order valence-corrected chi connectivity index (χ2v) is 12.3. The molecule has 5 rings (SSSR count). The molecule has 2 bridgehead atoms. The highest BCUT2D eigenvalue weighted by molar-refractivity contribution is 8.15. The van der Waals surface area contributed by atoms with E-state index in [1.165, 1.54) is 31.0 Å². The Morgan fingerprint density at radius 3 is 2.61 bits per heavy atom. The molecule has 2 saturated carbocycles. The van der Waals surface area contributed by atoms with Crippen molar-refractivity contribution in [2.45, 2.75) is 49.4 Å². The molecule has 2 heterocycles. The van der Waals surface area contributed by atoms with E-state index in [1.54, 1.807) is 12.1 Å².